The van der Waals surface area contributed by atoms with E-state index in [4.69, 9.17) is 5.84 Å². The van der Waals surface area contributed by atoms with Crippen LogP contribution in [0.4, 0.5) is 0 Å². The first kappa shape index (κ1) is 9.59. The molecule has 3 aromatic rings. The molecule has 0 atom stereocenters. The monoisotopic (exact) mass is 227 g/mol. The molecule has 84 valence electrons. The van der Waals surface area contributed by atoms with Crippen molar-refractivity contribution in [2.45, 2.75) is 0 Å². The van der Waals surface area contributed by atoms with Crippen LogP contribution in [0.25, 0.3) is 22.4 Å². The Labute approximate surface area is 95.7 Å². The third kappa shape index (κ3) is 1.38. The number of fused-ring (bicyclic) bond motifs is 1. The molecule has 0 aliphatic rings. The average Bonchev–Trinajstić information content (AvgIpc) is 2.83. The minimum absolute atomic E-state index is 0.317. The van der Waals surface area contributed by atoms with Gasteiger partial charge in [0.15, 0.2) is 11.5 Å². The number of hydrogen-bond donors (Lipinski definition) is 2. The van der Waals surface area contributed by atoms with Crippen LogP contribution in [0.5, 0.6) is 0 Å². The van der Waals surface area contributed by atoms with Gasteiger partial charge in [0, 0.05) is 5.56 Å². The predicted octanol–water partition coefficient (Wildman–Crippen LogP) is 0.500. The highest BCUT2D eigenvalue weighted by Gasteiger charge is 2.11. The lowest BCUT2D eigenvalue weighted by Gasteiger charge is -2.06. The van der Waals surface area contributed by atoms with Crippen molar-refractivity contribution in [3.63, 3.8) is 0 Å². The minimum Gasteiger partial charge on any atom is -0.334 e. The number of rotatable bonds is 1. The van der Waals surface area contributed by atoms with Gasteiger partial charge in [-0.25, -0.2) is 9.66 Å². The molecule has 17 heavy (non-hydrogen) atoms. The second-order valence-corrected chi connectivity index (χ2v) is 3.61. The summed E-state index contributed by atoms with van der Waals surface area (Å²) in [7, 11) is 0. The van der Waals surface area contributed by atoms with E-state index < -0.39 is 0 Å². The average molecular weight is 227 g/mol. The smallest absolute Gasteiger partial charge is 0.283 e. The molecule has 0 unspecified atom stereocenters. The minimum atomic E-state index is -0.317. The Balaban J connectivity index is 2.38. The van der Waals surface area contributed by atoms with Crippen LogP contribution < -0.4 is 11.4 Å². The van der Waals surface area contributed by atoms with Gasteiger partial charge in [-0.15, -0.1) is 0 Å². The molecule has 0 bridgehead atoms. The second-order valence-electron chi connectivity index (χ2n) is 3.61. The predicted molar refractivity (Wildman–Crippen MR) is 63.7 cm³/mol. The maximum atomic E-state index is 11.9. The van der Waals surface area contributed by atoms with Gasteiger partial charge in [-0.2, -0.15) is 5.10 Å². The number of nitrogens with one attached hydrogen (secondary N) is 1. The van der Waals surface area contributed by atoms with Gasteiger partial charge in [0.2, 0.25) is 0 Å². The Morgan fingerprint density at radius 3 is 2.76 bits per heavy atom. The van der Waals surface area contributed by atoms with Gasteiger partial charge < -0.3 is 5.84 Å². The molecule has 0 saturated heterocycles. The Bertz CT molecular complexity index is 728. The summed E-state index contributed by atoms with van der Waals surface area (Å²) in [5.41, 5.74) is 0.904. The molecule has 6 nitrogen and oxygen atoms in total. The summed E-state index contributed by atoms with van der Waals surface area (Å²) in [4.78, 5) is 16.2. The molecular formula is C11H9N5O. The zero-order valence-electron chi connectivity index (χ0n) is 8.79. The fourth-order valence-corrected chi connectivity index (χ4v) is 1.70. The Morgan fingerprint density at radius 1 is 1.24 bits per heavy atom. The second kappa shape index (κ2) is 3.44. The van der Waals surface area contributed by atoms with E-state index in [1.165, 1.54) is 6.20 Å². The maximum Gasteiger partial charge on any atom is 0.283 e. The summed E-state index contributed by atoms with van der Waals surface area (Å²) >= 11 is 0. The first-order valence-corrected chi connectivity index (χ1v) is 5.04. The van der Waals surface area contributed by atoms with E-state index in [1.807, 2.05) is 30.3 Å². The van der Waals surface area contributed by atoms with Gasteiger partial charge in [0.1, 0.15) is 5.39 Å². The van der Waals surface area contributed by atoms with Crippen molar-refractivity contribution in [2.24, 2.45) is 0 Å². The van der Waals surface area contributed by atoms with Crippen molar-refractivity contribution < 1.29 is 0 Å². The number of nitrogens with two attached hydrogens (primary N) is 1. The van der Waals surface area contributed by atoms with Gasteiger partial charge in [-0.1, -0.05) is 30.3 Å². The van der Waals surface area contributed by atoms with Crippen LogP contribution >= 0.6 is 0 Å². The van der Waals surface area contributed by atoms with Crippen molar-refractivity contribution in [2.75, 3.05) is 5.84 Å². The number of nitrogens with zero attached hydrogens (tertiary/aromatic N) is 3. The number of benzene rings is 1. The lowest BCUT2D eigenvalue weighted by atomic mass is 10.2. The highest BCUT2D eigenvalue weighted by atomic mass is 16.1. The summed E-state index contributed by atoms with van der Waals surface area (Å²) in [5.74, 6) is 6.15. The lowest BCUT2D eigenvalue weighted by Crippen LogP contribution is -2.29. The zero-order valence-corrected chi connectivity index (χ0v) is 8.79. The summed E-state index contributed by atoms with van der Waals surface area (Å²) in [6.07, 6.45) is 1.42. The number of aromatic amines is 1. The van der Waals surface area contributed by atoms with E-state index in [2.05, 4.69) is 15.2 Å². The van der Waals surface area contributed by atoms with Crippen LogP contribution in [0.15, 0.2) is 41.3 Å². The number of nitrogen functional groups attached to an aromatic ring is 1. The van der Waals surface area contributed by atoms with E-state index in [0.717, 1.165) is 10.2 Å². The number of hydrogen-bond acceptors (Lipinski definition) is 4. The number of H-pyrrole nitrogens is 1. The third-order valence-electron chi connectivity index (χ3n) is 2.55. The Morgan fingerprint density at radius 2 is 2.00 bits per heavy atom. The first-order chi connectivity index (χ1) is 8.27. The summed E-state index contributed by atoms with van der Waals surface area (Å²) in [6.45, 7) is 0. The summed E-state index contributed by atoms with van der Waals surface area (Å²) in [6, 6.07) is 9.29. The molecule has 0 fully saturated rings. The fourth-order valence-electron chi connectivity index (χ4n) is 1.70. The molecule has 0 aliphatic heterocycles. The molecule has 6 heteroatoms. The molecule has 3 N–H and O–H groups in total. The molecular weight excluding hydrogens is 218 g/mol. The van der Waals surface area contributed by atoms with E-state index in [1.54, 1.807) is 0 Å². The van der Waals surface area contributed by atoms with Crippen LogP contribution in [0.1, 0.15) is 0 Å². The number of aromatic nitrogens is 4. The zero-order chi connectivity index (χ0) is 11.8. The van der Waals surface area contributed by atoms with Crippen molar-refractivity contribution in [1.29, 1.82) is 0 Å². The molecule has 2 heterocycles. The highest BCUT2D eigenvalue weighted by molar-refractivity contribution is 5.75. The SMILES string of the molecule is Nn1c(-c2ccccc2)nc2[nH]ncc2c1=O. The fraction of sp³-hybridized carbons (Fsp3) is 0. The van der Waals surface area contributed by atoms with Crippen LogP contribution in [-0.4, -0.2) is 19.9 Å². The third-order valence-corrected chi connectivity index (χ3v) is 2.55. The molecule has 2 aromatic heterocycles. The van der Waals surface area contributed by atoms with Gasteiger partial charge in [-0.3, -0.25) is 9.89 Å². The van der Waals surface area contributed by atoms with Crippen molar-refractivity contribution in [1.82, 2.24) is 19.9 Å². The van der Waals surface area contributed by atoms with Crippen LogP contribution in [0, 0.1) is 0 Å². The molecule has 1 aromatic carbocycles. The standard InChI is InChI=1S/C11H9N5O/c12-16-10(7-4-2-1-3-5-7)14-9-8(11(16)17)6-13-15-9/h1-6H,12H2,(H,13,15). The van der Waals surface area contributed by atoms with E-state index in [-0.39, 0.29) is 5.56 Å². The van der Waals surface area contributed by atoms with Crippen molar-refractivity contribution >= 4 is 11.0 Å². The molecule has 0 saturated carbocycles. The molecule has 0 radical (unpaired) electrons. The Hall–Kier alpha value is -2.63. The molecule has 0 aliphatic carbocycles. The van der Waals surface area contributed by atoms with Crippen LogP contribution in [0.3, 0.4) is 0 Å². The molecule has 0 amide bonds. The van der Waals surface area contributed by atoms with Crippen molar-refractivity contribution in [3.8, 4) is 11.4 Å². The van der Waals surface area contributed by atoms with Gasteiger partial charge >= 0.3 is 0 Å². The molecule has 0 spiro atoms. The van der Waals surface area contributed by atoms with Gasteiger partial charge in [0.05, 0.1) is 6.20 Å². The van der Waals surface area contributed by atoms with E-state index >= 15 is 0 Å². The van der Waals surface area contributed by atoms with Crippen LogP contribution in [-0.2, 0) is 0 Å². The highest BCUT2D eigenvalue weighted by Crippen LogP contribution is 2.15. The quantitative estimate of drug-likeness (QED) is 0.592. The summed E-state index contributed by atoms with van der Waals surface area (Å²) in [5, 5.41) is 6.83. The molecule has 3 rings (SSSR count). The largest absolute Gasteiger partial charge is 0.334 e. The normalized spacial score (nSPS) is 10.8. The maximum absolute atomic E-state index is 11.9. The van der Waals surface area contributed by atoms with Gasteiger partial charge in [-0.05, 0) is 0 Å². The van der Waals surface area contributed by atoms with E-state index in [9.17, 15) is 4.79 Å². The van der Waals surface area contributed by atoms with Gasteiger partial charge in [0.25, 0.3) is 5.56 Å². The first-order valence-electron chi connectivity index (χ1n) is 5.04. The van der Waals surface area contributed by atoms with Crippen molar-refractivity contribution in [3.05, 3.63) is 46.9 Å². The lowest BCUT2D eigenvalue weighted by molar-refractivity contribution is 0.924. The summed E-state index contributed by atoms with van der Waals surface area (Å²) < 4.78 is 1.03. The van der Waals surface area contributed by atoms with Crippen LogP contribution in [0.2, 0.25) is 0 Å². The topological polar surface area (TPSA) is 89.6 Å². The Kier molecular flexibility index (Phi) is 1.94. The van der Waals surface area contributed by atoms with E-state index in [0.29, 0.717) is 16.9 Å².